The van der Waals surface area contributed by atoms with Crippen LogP contribution in [-0.4, -0.2) is 22.8 Å². The van der Waals surface area contributed by atoms with Crippen molar-refractivity contribution in [2.75, 3.05) is 0 Å². The Morgan fingerprint density at radius 1 is 1.22 bits per heavy atom. The zero-order valence-corrected chi connectivity index (χ0v) is 13.6. The van der Waals surface area contributed by atoms with Gasteiger partial charge in [-0.1, -0.05) is 31.5 Å². The van der Waals surface area contributed by atoms with Crippen molar-refractivity contribution in [3.8, 4) is 5.75 Å². The Bertz CT molecular complexity index is 621. The fourth-order valence-corrected chi connectivity index (χ4v) is 3.57. The summed E-state index contributed by atoms with van der Waals surface area (Å²) >= 11 is 0. The maximum Gasteiger partial charge on any atom is 0.419 e. The van der Waals surface area contributed by atoms with Gasteiger partial charge >= 0.3 is 6.09 Å². The monoisotopic (exact) mass is 313 g/mol. The van der Waals surface area contributed by atoms with Crippen LogP contribution in [0.2, 0.25) is 0 Å². The summed E-state index contributed by atoms with van der Waals surface area (Å²) in [5.41, 5.74) is 1.76. The number of Topliss-reactive ketones (excluding diaryl/α,β-unsaturated/α-hetero) is 1. The van der Waals surface area contributed by atoms with Crippen molar-refractivity contribution in [1.82, 2.24) is 4.90 Å². The van der Waals surface area contributed by atoms with E-state index in [0.717, 1.165) is 49.8 Å². The summed E-state index contributed by atoms with van der Waals surface area (Å²) in [6.45, 7) is 2.08. The molecule has 0 spiro atoms. The Kier molecular flexibility index (Phi) is 4.79. The number of nitrogens with zero attached hydrogens (tertiary/aromatic N) is 1. The number of amides is 1. The molecule has 1 aliphatic heterocycles. The molecule has 122 valence electrons. The van der Waals surface area contributed by atoms with E-state index in [1.54, 1.807) is 17.0 Å². The highest BCUT2D eigenvalue weighted by Crippen LogP contribution is 2.36. The van der Waals surface area contributed by atoms with Gasteiger partial charge < -0.3 is 4.74 Å². The van der Waals surface area contributed by atoms with Crippen LogP contribution >= 0.6 is 0 Å². The molecule has 1 aromatic rings. The van der Waals surface area contributed by atoms with Crippen molar-refractivity contribution in [1.29, 1.82) is 0 Å². The Hall–Kier alpha value is -2.10. The van der Waals surface area contributed by atoms with Gasteiger partial charge in [0.15, 0.2) is 5.78 Å². The Balaban J connectivity index is 1.89. The quantitative estimate of drug-likeness (QED) is 0.828. The van der Waals surface area contributed by atoms with Crippen molar-refractivity contribution in [2.45, 2.75) is 57.9 Å². The first kappa shape index (κ1) is 15.8. The number of rotatable bonds is 3. The fraction of sp³-hybridized carbons (Fsp3) is 0.474. The van der Waals surface area contributed by atoms with Crippen LogP contribution in [0.25, 0.3) is 0 Å². The van der Waals surface area contributed by atoms with Gasteiger partial charge in [0, 0.05) is 23.7 Å². The van der Waals surface area contributed by atoms with Gasteiger partial charge in [0.1, 0.15) is 5.75 Å². The number of para-hydroxylation sites is 1. The van der Waals surface area contributed by atoms with E-state index in [-0.39, 0.29) is 17.9 Å². The summed E-state index contributed by atoms with van der Waals surface area (Å²) in [5.74, 6) is 0.768. The molecule has 0 bridgehead atoms. The van der Waals surface area contributed by atoms with Crippen LogP contribution in [0.1, 0.15) is 51.9 Å². The summed E-state index contributed by atoms with van der Waals surface area (Å²) in [6.07, 6.45) is 5.49. The molecule has 0 N–H and O–H groups in total. The minimum Gasteiger partial charge on any atom is -0.410 e. The van der Waals surface area contributed by atoms with E-state index in [0.29, 0.717) is 12.2 Å². The Labute approximate surface area is 137 Å². The lowest BCUT2D eigenvalue weighted by Crippen LogP contribution is -2.47. The van der Waals surface area contributed by atoms with Gasteiger partial charge in [-0.25, -0.2) is 4.79 Å². The van der Waals surface area contributed by atoms with Gasteiger partial charge in [-0.2, -0.15) is 0 Å². The van der Waals surface area contributed by atoms with Crippen LogP contribution in [0, 0.1) is 0 Å². The maximum atomic E-state index is 12.8. The molecule has 0 fully saturated rings. The van der Waals surface area contributed by atoms with Gasteiger partial charge in [-0.15, -0.1) is 0 Å². The van der Waals surface area contributed by atoms with Crippen molar-refractivity contribution < 1.29 is 14.3 Å². The normalized spacial score (nSPS) is 21.2. The molecule has 1 aromatic carbocycles. The number of carbonyl (C=O) groups excluding carboxylic acids is 2. The summed E-state index contributed by atoms with van der Waals surface area (Å²) in [7, 11) is 0. The van der Waals surface area contributed by atoms with E-state index in [1.807, 2.05) is 18.2 Å². The zero-order chi connectivity index (χ0) is 16.2. The number of hydrogen-bond donors (Lipinski definition) is 0. The highest BCUT2D eigenvalue weighted by atomic mass is 16.6. The first-order valence-corrected chi connectivity index (χ1v) is 8.52. The summed E-state index contributed by atoms with van der Waals surface area (Å²) in [5, 5.41) is 0. The van der Waals surface area contributed by atoms with E-state index in [1.165, 1.54) is 0 Å². The van der Waals surface area contributed by atoms with Gasteiger partial charge in [-0.3, -0.25) is 9.69 Å². The number of ketones is 1. The summed E-state index contributed by atoms with van der Waals surface area (Å²) in [4.78, 5) is 26.9. The van der Waals surface area contributed by atoms with Crippen molar-refractivity contribution in [2.24, 2.45) is 0 Å². The Morgan fingerprint density at radius 2 is 1.96 bits per heavy atom. The second-order valence-electron chi connectivity index (χ2n) is 6.25. The third kappa shape index (κ3) is 3.31. The van der Waals surface area contributed by atoms with Crippen molar-refractivity contribution >= 4 is 11.9 Å². The second kappa shape index (κ2) is 6.99. The molecular weight excluding hydrogens is 290 g/mol. The molecular formula is C19H23NO3. The zero-order valence-electron chi connectivity index (χ0n) is 13.6. The summed E-state index contributed by atoms with van der Waals surface area (Å²) in [6, 6.07) is 9.06. The highest BCUT2D eigenvalue weighted by Gasteiger charge is 2.38. The molecule has 0 saturated carbocycles. The lowest BCUT2D eigenvalue weighted by Gasteiger charge is -2.39. The average molecular weight is 313 g/mol. The minimum atomic E-state index is -0.350. The number of allylic oxidation sites excluding steroid dienone is 2. The number of hydrogen-bond acceptors (Lipinski definition) is 3. The topological polar surface area (TPSA) is 46.6 Å². The molecule has 1 heterocycles. The number of ether oxygens (including phenoxy) is 1. The molecule has 0 aromatic heterocycles. The van der Waals surface area contributed by atoms with E-state index in [4.69, 9.17) is 4.74 Å². The molecule has 4 nitrogen and oxygen atoms in total. The minimum absolute atomic E-state index is 0.0689. The highest BCUT2D eigenvalue weighted by molar-refractivity contribution is 5.98. The predicted octanol–water partition coefficient (Wildman–Crippen LogP) is 4.46. The van der Waals surface area contributed by atoms with Crippen LogP contribution in [0.15, 0.2) is 41.6 Å². The van der Waals surface area contributed by atoms with Crippen LogP contribution in [0.3, 0.4) is 0 Å². The fourth-order valence-electron chi connectivity index (χ4n) is 3.57. The first-order chi connectivity index (χ1) is 11.2. The molecule has 1 amide bonds. The van der Waals surface area contributed by atoms with Crippen molar-refractivity contribution in [3.05, 3.63) is 41.6 Å². The molecule has 4 heteroatoms. The maximum absolute atomic E-state index is 12.8. The SMILES string of the molecule is CCC[C@@H]1CC(=O)C2=C(CCCC2)N1C(=O)Oc1ccccc1. The molecule has 0 radical (unpaired) electrons. The summed E-state index contributed by atoms with van der Waals surface area (Å²) < 4.78 is 5.56. The predicted molar refractivity (Wildman–Crippen MR) is 88.1 cm³/mol. The van der Waals surface area contributed by atoms with E-state index >= 15 is 0 Å². The standard InChI is InChI=1S/C19H23NO3/c1-2-8-14-13-18(21)16-11-6-7-12-17(16)20(14)19(22)23-15-9-4-3-5-10-15/h3-5,9-10,14H,2,6-8,11-13H2,1H3/t14-/m1/s1. The van der Waals surface area contributed by atoms with E-state index < -0.39 is 0 Å². The average Bonchev–Trinajstić information content (AvgIpc) is 2.56. The van der Waals surface area contributed by atoms with E-state index in [9.17, 15) is 9.59 Å². The smallest absolute Gasteiger partial charge is 0.410 e. The number of carbonyl (C=O) groups is 2. The molecule has 0 saturated heterocycles. The molecule has 1 atom stereocenters. The molecule has 23 heavy (non-hydrogen) atoms. The van der Waals surface area contributed by atoms with Crippen molar-refractivity contribution in [3.63, 3.8) is 0 Å². The van der Waals surface area contributed by atoms with Crippen LogP contribution < -0.4 is 4.74 Å². The molecule has 1 aliphatic carbocycles. The third-order valence-corrected chi connectivity index (χ3v) is 4.62. The van der Waals surface area contributed by atoms with Gasteiger partial charge in [0.25, 0.3) is 0 Å². The van der Waals surface area contributed by atoms with Gasteiger partial charge in [0.2, 0.25) is 0 Å². The lowest BCUT2D eigenvalue weighted by atomic mass is 9.85. The van der Waals surface area contributed by atoms with Crippen LogP contribution in [0.5, 0.6) is 5.75 Å². The second-order valence-corrected chi connectivity index (χ2v) is 6.25. The van der Waals surface area contributed by atoms with Crippen LogP contribution in [0.4, 0.5) is 4.79 Å². The first-order valence-electron chi connectivity index (χ1n) is 8.52. The molecule has 2 aliphatic rings. The van der Waals surface area contributed by atoms with Gasteiger partial charge in [-0.05, 0) is 44.2 Å². The van der Waals surface area contributed by atoms with Crippen LogP contribution in [-0.2, 0) is 4.79 Å². The Morgan fingerprint density at radius 3 is 2.70 bits per heavy atom. The largest absolute Gasteiger partial charge is 0.419 e. The lowest BCUT2D eigenvalue weighted by molar-refractivity contribution is -0.117. The number of benzene rings is 1. The third-order valence-electron chi connectivity index (χ3n) is 4.62. The van der Waals surface area contributed by atoms with Gasteiger partial charge in [0.05, 0.1) is 0 Å². The molecule has 3 rings (SSSR count). The van der Waals surface area contributed by atoms with E-state index in [2.05, 4.69) is 6.92 Å². The molecule has 0 unspecified atom stereocenters.